The molecule has 0 saturated carbocycles. The van der Waals surface area contributed by atoms with Crippen LogP contribution in [0.2, 0.25) is 0 Å². The molecule has 0 radical (unpaired) electrons. The summed E-state index contributed by atoms with van der Waals surface area (Å²) < 4.78 is 12.8. The standard InChI is InChI=1S/C22H20N4O7/c1-4-9-25-19(28)14(17(27)23-21(25)30)13-11-7-6-8-12(32-3)16(11)33-18-15(13)20(29)26(10-5-2)22(31)24-18/h4-8,13,28H,1-2,9-10H2,3H3,(H,24,31)(H,23,27,30)/p-1. The number of allylic oxidation sites excluding steroid dienone is 2. The van der Waals surface area contributed by atoms with Gasteiger partial charge < -0.3 is 19.1 Å². The first kappa shape index (κ1) is 21.7. The number of aromatic amines is 2. The highest BCUT2D eigenvalue weighted by Crippen LogP contribution is 2.48. The number of hydrogen-bond donors (Lipinski definition) is 2. The molecular weight excluding hydrogens is 432 g/mol. The second-order valence-corrected chi connectivity index (χ2v) is 7.17. The van der Waals surface area contributed by atoms with Crippen LogP contribution in [0.5, 0.6) is 23.3 Å². The Morgan fingerprint density at radius 1 is 1.06 bits per heavy atom. The van der Waals surface area contributed by atoms with E-state index in [9.17, 15) is 24.3 Å². The molecular formula is C22H19N4O7-. The van der Waals surface area contributed by atoms with E-state index in [-0.39, 0.29) is 47.2 Å². The first-order valence-corrected chi connectivity index (χ1v) is 9.81. The van der Waals surface area contributed by atoms with Gasteiger partial charge in [-0.25, -0.2) is 9.59 Å². The van der Waals surface area contributed by atoms with E-state index >= 15 is 0 Å². The molecule has 0 bridgehead atoms. The summed E-state index contributed by atoms with van der Waals surface area (Å²) in [6.45, 7) is 6.79. The highest BCUT2D eigenvalue weighted by molar-refractivity contribution is 5.61. The van der Waals surface area contributed by atoms with Crippen molar-refractivity contribution in [2.45, 2.75) is 19.0 Å². The van der Waals surface area contributed by atoms with Crippen LogP contribution in [-0.2, 0) is 13.1 Å². The molecule has 3 heterocycles. The number of nitrogens with one attached hydrogen (secondary N) is 2. The smallest absolute Gasteiger partial charge is 0.331 e. The predicted molar refractivity (Wildman–Crippen MR) is 116 cm³/mol. The lowest BCUT2D eigenvalue weighted by atomic mass is 9.84. The maximum atomic E-state index is 13.4. The van der Waals surface area contributed by atoms with Gasteiger partial charge in [-0.05, 0) is 11.9 Å². The Labute approximate surface area is 185 Å². The Kier molecular flexibility index (Phi) is 5.38. The summed E-state index contributed by atoms with van der Waals surface area (Å²) in [6.07, 6.45) is 2.68. The minimum Gasteiger partial charge on any atom is -0.860 e. The topological polar surface area (TPSA) is 151 Å². The van der Waals surface area contributed by atoms with Gasteiger partial charge >= 0.3 is 11.4 Å². The molecule has 33 heavy (non-hydrogen) atoms. The van der Waals surface area contributed by atoms with Gasteiger partial charge in [-0.3, -0.25) is 24.1 Å². The molecule has 0 saturated heterocycles. The largest absolute Gasteiger partial charge is 0.860 e. The number of hydrogen-bond acceptors (Lipinski definition) is 7. The van der Waals surface area contributed by atoms with Gasteiger partial charge in [0.05, 0.1) is 18.6 Å². The molecule has 1 atom stereocenters. The van der Waals surface area contributed by atoms with Crippen LogP contribution in [0.25, 0.3) is 0 Å². The van der Waals surface area contributed by atoms with Gasteiger partial charge in [-0.2, -0.15) is 0 Å². The van der Waals surface area contributed by atoms with Crippen LogP contribution in [0.1, 0.15) is 22.6 Å². The summed E-state index contributed by atoms with van der Waals surface area (Å²) in [6, 6.07) is 4.75. The zero-order chi connectivity index (χ0) is 23.9. The molecule has 4 rings (SSSR count). The minimum absolute atomic E-state index is 0.115. The van der Waals surface area contributed by atoms with Crippen molar-refractivity contribution < 1.29 is 14.6 Å². The van der Waals surface area contributed by atoms with Crippen molar-refractivity contribution >= 4 is 0 Å². The van der Waals surface area contributed by atoms with Crippen LogP contribution in [0.4, 0.5) is 0 Å². The van der Waals surface area contributed by atoms with Crippen LogP contribution in [0.15, 0.2) is 62.7 Å². The summed E-state index contributed by atoms with van der Waals surface area (Å²) in [4.78, 5) is 55.6. The van der Waals surface area contributed by atoms with Crippen molar-refractivity contribution in [1.82, 2.24) is 19.1 Å². The third kappa shape index (κ3) is 3.30. The van der Waals surface area contributed by atoms with Crippen molar-refractivity contribution in [3.8, 4) is 23.3 Å². The van der Waals surface area contributed by atoms with Crippen LogP contribution in [0.3, 0.4) is 0 Å². The van der Waals surface area contributed by atoms with Crippen LogP contribution < -0.4 is 37.1 Å². The highest BCUT2D eigenvalue weighted by Gasteiger charge is 2.37. The van der Waals surface area contributed by atoms with E-state index in [0.717, 1.165) is 9.13 Å². The Hall–Kier alpha value is -4.54. The maximum absolute atomic E-state index is 13.4. The van der Waals surface area contributed by atoms with Crippen molar-refractivity contribution in [3.05, 3.63) is 102 Å². The van der Waals surface area contributed by atoms with E-state index < -0.39 is 34.3 Å². The number of ether oxygens (including phenoxy) is 2. The molecule has 2 aromatic heterocycles. The molecule has 1 aromatic carbocycles. The normalized spacial score (nSPS) is 14.0. The van der Waals surface area contributed by atoms with Crippen molar-refractivity contribution in [2.75, 3.05) is 7.11 Å². The number of methoxy groups -OCH3 is 1. The van der Waals surface area contributed by atoms with E-state index in [2.05, 4.69) is 23.1 Å². The van der Waals surface area contributed by atoms with Crippen LogP contribution in [0, 0.1) is 0 Å². The summed E-state index contributed by atoms with van der Waals surface area (Å²) >= 11 is 0. The predicted octanol–water partition coefficient (Wildman–Crippen LogP) is 0.127. The average Bonchev–Trinajstić information content (AvgIpc) is 2.78. The lowest BCUT2D eigenvalue weighted by Crippen LogP contribution is -2.41. The van der Waals surface area contributed by atoms with Gasteiger partial charge in [0.1, 0.15) is 0 Å². The number of para-hydroxylation sites is 1. The Morgan fingerprint density at radius 2 is 1.73 bits per heavy atom. The van der Waals surface area contributed by atoms with Gasteiger partial charge in [0.25, 0.3) is 11.1 Å². The first-order chi connectivity index (χ1) is 15.8. The molecule has 1 unspecified atom stereocenters. The maximum Gasteiger partial charge on any atom is 0.331 e. The third-order valence-electron chi connectivity index (χ3n) is 5.32. The van der Waals surface area contributed by atoms with Crippen molar-refractivity contribution in [1.29, 1.82) is 0 Å². The monoisotopic (exact) mass is 451 g/mol. The Morgan fingerprint density at radius 3 is 2.39 bits per heavy atom. The SMILES string of the molecule is C=CCn1c([O-])c(C2c3cccc(OC)c3Oc3[nH]c(=O)n(CC=C)c(=O)c32)c(=O)[nH]c1=O. The van der Waals surface area contributed by atoms with Gasteiger partial charge in [-0.1, -0.05) is 24.3 Å². The molecule has 11 heteroatoms. The zero-order valence-electron chi connectivity index (χ0n) is 17.5. The Balaban J connectivity index is 2.17. The average molecular weight is 451 g/mol. The summed E-state index contributed by atoms with van der Waals surface area (Å²) in [5.41, 5.74) is -3.64. The second-order valence-electron chi connectivity index (χ2n) is 7.17. The van der Waals surface area contributed by atoms with Gasteiger partial charge in [-0.15, -0.1) is 13.2 Å². The van der Waals surface area contributed by atoms with Gasteiger partial charge in [0, 0.05) is 24.2 Å². The number of rotatable bonds is 6. The zero-order valence-corrected chi connectivity index (χ0v) is 17.5. The molecule has 0 fully saturated rings. The van der Waals surface area contributed by atoms with E-state index in [1.807, 2.05) is 0 Å². The quantitative estimate of drug-likeness (QED) is 0.395. The first-order valence-electron chi connectivity index (χ1n) is 9.81. The van der Waals surface area contributed by atoms with Crippen LogP contribution in [-0.4, -0.2) is 26.2 Å². The minimum atomic E-state index is -1.26. The molecule has 1 aliphatic heterocycles. The third-order valence-corrected chi connectivity index (χ3v) is 5.32. The molecule has 1 aliphatic rings. The molecule has 170 valence electrons. The Bertz CT molecular complexity index is 1520. The molecule has 0 aliphatic carbocycles. The van der Waals surface area contributed by atoms with E-state index in [1.54, 1.807) is 18.2 Å². The number of nitrogens with zero attached hydrogens (tertiary/aromatic N) is 2. The number of aromatic nitrogens is 4. The fourth-order valence-electron chi connectivity index (χ4n) is 3.90. The molecule has 0 spiro atoms. The number of benzene rings is 1. The molecule has 0 amide bonds. The fraction of sp³-hybridized carbons (Fsp3) is 0.182. The fourth-order valence-corrected chi connectivity index (χ4v) is 3.90. The number of fused-ring (bicyclic) bond motifs is 2. The molecule has 11 nitrogen and oxygen atoms in total. The van der Waals surface area contributed by atoms with E-state index in [1.165, 1.54) is 19.3 Å². The second kappa shape index (κ2) is 8.19. The van der Waals surface area contributed by atoms with Crippen molar-refractivity contribution in [3.63, 3.8) is 0 Å². The van der Waals surface area contributed by atoms with Crippen molar-refractivity contribution in [2.24, 2.45) is 0 Å². The lowest BCUT2D eigenvalue weighted by Gasteiger charge is -2.31. The van der Waals surface area contributed by atoms with Gasteiger partial charge in [0.15, 0.2) is 11.5 Å². The van der Waals surface area contributed by atoms with Gasteiger partial charge in [0.2, 0.25) is 5.88 Å². The highest BCUT2D eigenvalue weighted by atomic mass is 16.5. The number of H-pyrrole nitrogens is 2. The summed E-state index contributed by atoms with van der Waals surface area (Å²) in [7, 11) is 1.39. The summed E-state index contributed by atoms with van der Waals surface area (Å²) in [5.74, 6) is -2.01. The summed E-state index contributed by atoms with van der Waals surface area (Å²) in [5, 5.41) is 13.3. The molecule has 2 N–H and O–H groups in total. The van der Waals surface area contributed by atoms with Crippen LogP contribution >= 0.6 is 0 Å². The molecule has 3 aromatic rings. The lowest BCUT2D eigenvalue weighted by molar-refractivity contribution is -0.281. The van der Waals surface area contributed by atoms with E-state index in [0.29, 0.717) is 0 Å². The van der Waals surface area contributed by atoms with E-state index in [4.69, 9.17) is 9.47 Å².